The lowest BCUT2D eigenvalue weighted by atomic mass is 10.1. The highest BCUT2D eigenvalue weighted by Gasteiger charge is 2.21. The normalized spacial score (nSPS) is 13.2. The highest BCUT2D eigenvalue weighted by Crippen LogP contribution is 2.29. The molecule has 4 nitrogen and oxygen atoms in total. The van der Waals surface area contributed by atoms with Crippen molar-refractivity contribution in [2.75, 3.05) is 5.32 Å². The summed E-state index contributed by atoms with van der Waals surface area (Å²) in [4.78, 5) is 11.0. The number of nitrogens with one attached hydrogen (secondary N) is 1. The standard InChI is InChI=1S/C16H14BF2NO3/c1-11(21)20-13-7-8-14(16(10-13)23-17(18)19)15(22)9-6-12-4-2-3-5-12/h2-10,22H,1H3,(H,20,21). The number of anilines is 1. The van der Waals surface area contributed by atoms with Crippen LogP contribution in [0.3, 0.4) is 0 Å². The monoisotopic (exact) mass is 317 g/mol. The summed E-state index contributed by atoms with van der Waals surface area (Å²) >= 11 is 0. The molecule has 0 spiro atoms. The minimum atomic E-state index is -3.05. The van der Waals surface area contributed by atoms with E-state index in [1.165, 1.54) is 31.2 Å². The van der Waals surface area contributed by atoms with E-state index in [0.29, 0.717) is 5.69 Å². The lowest BCUT2D eigenvalue weighted by molar-refractivity contribution is -0.114. The molecule has 0 atom stereocenters. The molecule has 1 amide bonds. The number of hydrogen-bond donors (Lipinski definition) is 2. The van der Waals surface area contributed by atoms with Crippen molar-refractivity contribution in [2.24, 2.45) is 0 Å². The Morgan fingerprint density at radius 1 is 1.30 bits per heavy atom. The van der Waals surface area contributed by atoms with E-state index < -0.39 is 7.47 Å². The van der Waals surface area contributed by atoms with Crippen LogP contribution in [-0.4, -0.2) is 18.5 Å². The van der Waals surface area contributed by atoms with Crippen LogP contribution in [0, 0.1) is 0 Å². The van der Waals surface area contributed by atoms with E-state index in [0.717, 1.165) is 5.57 Å². The van der Waals surface area contributed by atoms with Crippen molar-refractivity contribution in [3.05, 3.63) is 65.8 Å². The predicted molar refractivity (Wildman–Crippen MR) is 86.3 cm³/mol. The average Bonchev–Trinajstić information content (AvgIpc) is 2.97. The molecule has 0 aromatic heterocycles. The number of aliphatic hydroxyl groups excluding tert-OH is 1. The maximum atomic E-state index is 12.5. The van der Waals surface area contributed by atoms with E-state index in [1.54, 1.807) is 6.08 Å². The van der Waals surface area contributed by atoms with Gasteiger partial charge in [0.2, 0.25) is 5.91 Å². The maximum Gasteiger partial charge on any atom is 0.796 e. The Labute approximate surface area is 132 Å². The average molecular weight is 317 g/mol. The fourth-order valence-electron chi connectivity index (χ4n) is 1.97. The second kappa shape index (κ2) is 7.44. The Morgan fingerprint density at radius 2 is 2.00 bits per heavy atom. The molecule has 0 heterocycles. The number of amides is 1. The van der Waals surface area contributed by atoms with Gasteiger partial charge in [-0.05, 0) is 23.8 Å². The van der Waals surface area contributed by atoms with Gasteiger partial charge in [-0.2, -0.15) is 0 Å². The molecule has 1 aliphatic carbocycles. The van der Waals surface area contributed by atoms with Crippen LogP contribution in [0.2, 0.25) is 0 Å². The van der Waals surface area contributed by atoms with Crippen LogP contribution in [0.4, 0.5) is 14.3 Å². The number of hydrogen-bond acceptors (Lipinski definition) is 3. The quantitative estimate of drug-likeness (QED) is 0.640. The van der Waals surface area contributed by atoms with E-state index in [2.05, 4.69) is 9.97 Å². The van der Waals surface area contributed by atoms with Crippen LogP contribution in [0.5, 0.6) is 5.75 Å². The summed E-state index contributed by atoms with van der Waals surface area (Å²) in [5.74, 6) is -0.794. The van der Waals surface area contributed by atoms with E-state index in [9.17, 15) is 18.5 Å². The van der Waals surface area contributed by atoms with E-state index in [4.69, 9.17) is 0 Å². The fraction of sp³-hybridized carbons (Fsp3) is 0.0625. The Balaban J connectivity index is 2.33. The zero-order chi connectivity index (χ0) is 16.8. The van der Waals surface area contributed by atoms with E-state index in [1.807, 2.05) is 24.3 Å². The first-order valence-electron chi connectivity index (χ1n) is 6.78. The van der Waals surface area contributed by atoms with Crippen molar-refractivity contribution in [2.45, 2.75) is 6.92 Å². The van der Waals surface area contributed by atoms with Crippen molar-refractivity contribution < 1.29 is 23.2 Å². The molecule has 1 aromatic rings. The largest absolute Gasteiger partial charge is 0.796 e. The van der Waals surface area contributed by atoms with Crippen LogP contribution in [0.25, 0.3) is 5.76 Å². The van der Waals surface area contributed by atoms with Gasteiger partial charge < -0.3 is 15.1 Å². The molecule has 0 radical (unpaired) electrons. The minimum absolute atomic E-state index is 0.0993. The highest BCUT2D eigenvalue weighted by atomic mass is 19.2. The van der Waals surface area contributed by atoms with E-state index in [-0.39, 0.29) is 23.0 Å². The van der Waals surface area contributed by atoms with Gasteiger partial charge in [0.05, 0.1) is 5.56 Å². The zero-order valence-electron chi connectivity index (χ0n) is 12.3. The topological polar surface area (TPSA) is 58.6 Å². The first-order chi connectivity index (χ1) is 11.0. The smallest absolute Gasteiger partial charge is 0.507 e. The summed E-state index contributed by atoms with van der Waals surface area (Å²) < 4.78 is 29.5. The van der Waals surface area contributed by atoms with Crippen LogP contribution < -0.4 is 9.97 Å². The summed E-state index contributed by atoms with van der Waals surface area (Å²) in [6.45, 7) is 1.30. The van der Waals surface area contributed by atoms with Gasteiger partial charge in [-0.25, -0.2) is 8.63 Å². The third-order valence-corrected chi connectivity index (χ3v) is 2.92. The van der Waals surface area contributed by atoms with Crippen LogP contribution in [-0.2, 0) is 4.79 Å². The van der Waals surface area contributed by atoms with Gasteiger partial charge in [0.15, 0.2) is 0 Å². The SMILES string of the molecule is CC(=O)Nc1ccc(C(O)=CC=C2C=CC=C2)c(OB(F)F)c1. The molecule has 0 unspecified atom stereocenters. The Bertz CT molecular complexity index is 710. The number of allylic oxidation sites excluding steroid dienone is 7. The molecule has 0 saturated heterocycles. The molecule has 0 bridgehead atoms. The summed E-state index contributed by atoms with van der Waals surface area (Å²) in [5.41, 5.74) is 1.26. The van der Waals surface area contributed by atoms with Crippen molar-refractivity contribution in [1.29, 1.82) is 0 Å². The lowest BCUT2D eigenvalue weighted by Gasteiger charge is -2.11. The van der Waals surface area contributed by atoms with E-state index >= 15 is 0 Å². The predicted octanol–water partition coefficient (Wildman–Crippen LogP) is 3.90. The van der Waals surface area contributed by atoms with Gasteiger partial charge in [0, 0.05) is 18.7 Å². The summed E-state index contributed by atoms with van der Waals surface area (Å²) in [5, 5.41) is 12.6. The molecule has 118 valence electrons. The van der Waals surface area contributed by atoms with Gasteiger partial charge in [0.1, 0.15) is 11.5 Å². The summed E-state index contributed by atoms with van der Waals surface area (Å²) in [6, 6.07) is 4.12. The molecule has 0 saturated carbocycles. The first-order valence-corrected chi connectivity index (χ1v) is 6.78. The fourth-order valence-corrected chi connectivity index (χ4v) is 1.97. The number of halogens is 2. The number of rotatable bonds is 5. The van der Waals surface area contributed by atoms with Crippen LogP contribution in [0.15, 0.2) is 60.2 Å². The van der Waals surface area contributed by atoms with Gasteiger partial charge in [-0.1, -0.05) is 30.4 Å². The summed E-state index contributed by atoms with van der Waals surface area (Å²) in [7, 11) is -3.05. The second-order valence-electron chi connectivity index (χ2n) is 4.71. The molecule has 7 heteroatoms. The minimum Gasteiger partial charge on any atom is -0.507 e. The molecule has 0 aliphatic heterocycles. The molecule has 2 rings (SSSR count). The second-order valence-corrected chi connectivity index (χ2v) is 4.71. The third-order valence-electron chi connectivity index (χ3n) is 2.92. The summed E-state index contributed by atoms with van der Waals surface area (Å²) in [6.07, 6.45) is 10.4. The van der Waals surface area contributed by atoms with Crippen molar-refractivity contribution in [1.82, 2.24) is 0 Å². The van der Waals surface area contributed by atoms with Crippen molar-refractivity contribution in [3.63, 3.8) is 0 Å². The number of aliphatic hydroxyl groups is 1. The molecule has 2 N–H and O–H groups in total. The Kier molecular flexibility index (Phi) is 5.35. The number of carbonyl (C=O) groups is 1. The number of benzene rings is 1. The molecular formula is C16H14BF2NO3. The van der Waals surface area contributed by atoms with Crippen LogP contribution >= 0.6 is 0 Å². The molecule has 0 fully saturated rings. The number of carbonyl (C=O) groups excluding carboxylic acids is 1. The molecule has 1 aromatic carbocycles. The highest BCUT2D eigenvalue weighted by molar-refractivity contribution is 6.35. The van der Waals surface area contributed by atoms with Crippen LogP contribution in [0.1, 0.15) is 12.5 Å². The van der Waals surface area contributed by atoms with Gasteiger partial charge >= 0.3 is 7.47 Å². The zero-order valence-corrected chi connectivity index (χ0v) is 12.3. The van der Waals surface area contributed by atoms with Crippen molar-refractivity contribution >= 4 is 24.8 Å². The van der Waals surface area contributed by atoms with Gasteiger partial charge in [0.25, 0.3) is 0 Å². The third kappa shape index (κ3) is 4.84. The Hall–Kier alpha value is -2.83. The molecule has 23 heavy (non-hydrogen) atoms. The van der Waals surface area contributed by atoms with Gasteiger partial charge in [-0.15, -0.1) is 0 Å². The lowest BCUT2D eigenvalue weighted by Crippen LogP contribution is -2.11. The van der Waals surface area contributed by atoms with Gasteiger partial charge in [-0.3, -0.25) is 4.79 Å². The first kappa shape index (κ1) is 16.5. The molecular weight excluding hydrogens is 303 g/mol. The Morgan fingerprint density at radius 3 is 2.61 bits per heavy atom. The van der Waals surface area contributed by atoms with Crippen molar-refractivity contribution in [3.8, 4) is 5.75 Å². The maximum absolute atomic E-state index is 12.5. The molecule has 1 aliphatic rings.